The van der Waals surface area contributed by atoms with Crippen LogP contribution in [0.3, 0.4) is 0 Å². The van der Waals surface area contributed by atoms with Crippen molar-refractivity contribution in [1.82, 2.24) is 29.2 Å². The Morgan fingerprint density at radius 3 is 2.48 bits per heavy atom. The van der Waals surface area contributed by atoms with Crippen LogP contribution < -0.4 is 0 Å². The van der Waals surface area contributed by atoms with Gasteiger partial charge in [-0.25, -0.2) is 14.6 Å². The topological polar surface area (TPSA) is 51.8 Å². The molecule has 1 saturated heterocycles. The quantitative estimate of drug-likeness (QED) is 0.698. The molecule has 2 aromatic heterocycles. The molecule has 6 nitrogen and oxygen atoms in total. The van der Waals surface area contributed by atoms with E-state index in [-0.39, 0.29) is 0 Å². The lowest BCUT2D eigenvalue weighted by Crippen LogP contribution is -2.32. The first kappa shape index (κ1) is 16.7. The molecule has 0 atom stereocenters. The third kappa shape index (κ3) is 3.54. The van der Waals surface area contributed by atoms with Crippen LogP contribution in [0.1, 0.15) is 37.5 Å². The highest BCUT2D eigenvalue weighted by Gasteiger charge is 2.27. The van der Waals surface area contributed by atoms with Crippen LogP contribution in [0.25, 0.3) is 17.1 Å². The average molecular weight is 362 g/mol. The van der Waals surface area contributed by atoms with Crippen molar-refractivity contribution >= 4 is 0 Å². The Hall–Kier alpha value is -2.47. The SMILES string of the molecule is CN1CCC(n2nc(CC3CC3)nc2-c2ccc(-n3ccnc3)cc2)CC1. The highest BCUT2D eigenvalue weighted by molar-refractivity contribution is 5.57. The first-order valence-corrected chi connectivity index (χ1v) is 9.99. The fourth-order valence-corrected chi connectivity index (χ4v) is 3.92. The Labute approximate surface area is 159 Å². The molecule has 0 spiro atoms. The number of rotatable bonds is 5. The van der Waals surface area contributed by atoms with Gasteiger partial charge >= 0.3 is 0 Å². The summed E-state index contributed by atoms with van der Waals surface area (Å²) in [4.78, 5) is 11.5. The van der Waals surface area contributed by atoms with Crippen molar-refractivity contribution < 1.29 is 0 Å². The zero-order valence-electron chi connectivity index (χ0n) is 15.8. The van der Waals surface area contributed by atoms with Gasteiger partial charge in [-0.05, 0) is 76.0 Å². The van der Waals surface area contributed by atoms with Gasteiger partial charge in [0.1, 0.15) is 0 Å². The normalized spacial score (nSPS) is 18.9. The van der Waals surface area contributed by atoms with Crippen molar-refractivity contribution in [3.63, 3.8) is 0 Å². The predicted molar refractivity (Wildman–Crippen MR) is 105 cm³/mol. The molecule has 5 rings (SSSR count). The van der Waals surface area contributed by atoms with Crippen LogP contribution >= 0.6 is 0 Å². The molecular formula is C21H26N6. The molecule has 27 heavy (non-hydrogen) atoms. The standard InChI is InChI=1S/C21H26N6/c1-25-11-8-19(9-12-25)27-21(23-20(24-27)14-16-2-3-16)17-4-6-18(7-5-17)26-13-10-22-15-26/h4-7,10,13,15-16,19H,2-3,8-9,11-12,14H2,1H3. The lowest BCUT2D eigenvalue weighted by atomic mass is 10.1. The Balaban J connectivity index is 1.46. The number of benzene rings is 1. The molecule has 1 aliphatic carbocycles. The minimum Gasteiger partial charge on any atom is -0.306 e. The summed E-state index contributed by atoms with van der Waals surface area (Å²) in [6, 6.07) is 9.03. The van der Waals surface area contributed by atoms with Crippen LogP contribution in [0.2, 0.25) is 0 Å². The molecule has 2 aliphatic rings. The van der Waals surface area contributed by atoms with Gasteiger partial charge in [-0.2, -0.15) is 5.10 Å². The fourth-order valence-electron chi connectivity index (χ4n) is 3.92. The van der Waals surface area contributed by atoms with Crippen molar-refractivity contribution in [2.24, 2.45) is 5.92 Å². The molecule has 0 N–H and O–H groups in total. The summed E-state index contributed by atoms with van der Waals surface area (Å²) in [5.74, 6) is 2.84. The molecule has 0 radical (unpaired) electrons. The van der Waals surface area contributed by atoms with E-state index in [0.717, 1.165) is 61.2 Å². The van der Waals surface area contributed by atoms with Crippen molar-refractivity contribution in [1.29, 1.82) is 0 Å². The number of piperidine rings is 1. The molecule has 3 heterocycles. The average Bonchev–Trinajstić information content (AvgIpc) is 3.18. The van der Waals surface area contributed by atoms with Crippen molar-refractivity contribution in [3.8, 4) is 17.1 Å². The van der Waals surface area contributed by atoms with Gasteiger partial charge in [0, 0.05) is 30.1 Å². The van der Waals surface area contributed by atoms with Crippen molar-refractivity contribution in [2.45, 2.75) is 38.1 Å². The summed E-state index contributed by atoms with van der Waals surface area (Å²) in [5.41, 5.74) is 2.26. The van der Waals surface area contributed by atoms with Crippen LogP contribution in [-0.4, -0.2) is 49.4 Å². The summed E-state index contributed by atoms with van der Waals surface area (Å²) < 4.78 is 4.24. The number of hydrogen-bond acceptors (Lipinski definition) is 4. The molecule has 140 valence electrons. The van der Waals surface area contributed by atoms with E-state index in [1.807, 2.05) is 17.1 Å². The number of nitrogens with zero attached hydrogens (tertiary/aromatic N) is 6. The zero-order valence-corrected chi connectivity index (χ0v) is 15.8. The molecular weight excluding hydrogens is 336 g/mol. The summed E-state index contributed by atoms with van der Waals surface area (Å²) >= 11 is 0. The lowest BCUT2D eigenvalue weighted by molar-refractivity contribution is 0.213. The number of imidazole rings is 1. The summed E-state index contributed by atoms with van der Waals surface area (Å²) in [6.07, 6.45) is 11.6. The maximum Gasteiger partial charge on any atom is 0.158 e. The Kier molecular flexibility index (Phi) is 4.28. The molecule has 1 aliphatic heterocycles. The summed E-state index contributed by atoms with van der Waals surface area (Å²) in [6.45, 7) is 2.25. The Bertz CT molecular complexity index is 883. The summed E-state index contributed by atoms with van der Waals surface area (Å²) in [5, 5.41) is 4.96. The molecule has 2 fully saturated rings. The van der Waals surface area contributed by atoms with E-state index in [1.165, 1.54) is 12.8 Å². The molecule has 6 heteroatoms. The third-order valence-corrected chi connectivity index (χ3v) is 5.81. The van der Waals surface area contributed by atoms with Gasteiger partial charge in [0.15, 0.2) is 11.6 Å². The van der Waals surface area contributed by atoms with E-state index in [0.29, 0.717) is 6.04 Å². The van der Waals surface area contributed by atoms with E-state index in [4.69, 9.17) is 10.1 Å². The van der Waals surface area contributed by atoms with Crippen LogP contribution in [-0.2, 0) is 6.42 Å². The molecule has 0 amide bonds. The number of hydrogen-bond donors (Lipinski definition) is 0. The van der Waals surface area contributed by atoms with Crippen molar-refractivity contribution in [3.05, 3.63) is 48.8 Å². The maximum absolute atomic E-state index is 4.97. The monoisotopic (exact) mass is 362 g/mol. The smallest absolute Gasteiger partial charge is 0.158 e. The van der Waals surface area contributed by atoms with E-state index in [1.54, 1.807) is 6.20 Å². The number of likely N-dealkylation sites (tertiary alicyclic amines) is 1. The molecule has 3 aromatic rings. The van der Waals surface area contributed by atoms with Crippen LogP contribution in [0.15, 0.2) is 43.0 Å². The largest absolute Gasteiger partial charge is 0.306 e. The second-order valence-corrected chi connectivity index (χ2v) is 7.99. The van der Waals surface area contributed by atoms with Gasteiger partial charge in [0.05, 0.1) is 12.4 Å². The Morgan fingerprint density at radius 2 is 1.81 bits per heavy atom. The van der Waals surface area contributed by atoms with Gasteiger partial charge in [0.2, 0.25) is 0 Å². The van der Waals surface area contributed by atoms with Gasteiger partial charge < -0.3 is 9.47 Å². The Morgan fingerprint density at radius 1 is 1.04 bits per heavy atom. The van der Waals surface area contributed by atoms with Crippen LogP contribution in [0.4, 0.5) is 0 Å². The minimum atomic E-state index is 0.449. The van der Waals surface area contributed by atoms with Crippen molar-refractivity contribution in [2.75, 3.05) is 20.1 Å². The highest BCUT2D eigenvalue weighted by atomic mass is 15.4. The predicted octanol–water partition coefficient (Wildman–Crippen LogP) is 3.35. The second-order valence-electron chi connectivity index (χ2n) is 7.99. The third-order valence-electron chi connectivity index (χ3n) is 5.81. The van der Waals surface area contributed by atoms with E-state index < -0.39 is 0 Å². The van der Waals surface area contributed by atoms with E-state index in [9.17, 15) is 0 Å². The maximum atomic E-state index is 4.97. The summed E-state index contributed by atoms with van der Waals surface area (Å²) in [7, 11) is 2.20. The highest BCUT2D eigenvalue weighted by Crippen LogP contribution is 2.33. The van der Waals surface area contributed by atoms with E-state index in [2.05, 4.69) is 45.9 Å². The van der Waals surface area contributed by atoms with Gasteiger partial charge in [0.25, 0.3) is 0 Å². The van der Waals surface area contributed by atoms with Gasteiger partial charge in [-0.3, -0.25) is 0 Å². The number of aromatic nitrogens is 5. The lowest BCUT2D eigenvalue weighted by Gasteiger charge is -2.29. The molecule has 1 saturated carbocycles. The molecule has 0 unspecified atom stereocenters. The molecule has 0 bridgehead atoms. The minimum absolute atomic E-state index is 0.449. The zero-order chi connectivity index (χ0) is 18.2. The van der Waals surface area contributed by atoms with Gasteiger partial charge in [-0.1, -0.05) is 0 Å². The fraction of sp³-hybridized carbons (Fsp3) is 0.476. The van der Waals surface area contributed by atoms with Crippen LogP contribution in [0, 0.1) is 5.92 Å². The molecule has 1 aromatic carbocycles. The van der Waals surface area contributed by atoms with Gasteiger partial charge in [-0.15, -0.1) is 0 Å². The first-order valence-electron chi connectivity index (χ1n) is 9.99. The second kappa shape index (κ2) is 6.93. The first-order chi connectivity index (χ1) is 13.3. The van der Waals surface area contributed by atoms with E-state index >= 15 is 0 Å². The van der Waals surface area contributed by atoms with Crippen LogP contribution in [0.5, 0.6) is 0 Å².